The smallest absolute Gasteiger partial charge is 0.276 e. The van der Waals surface area contributed by atoms with Crippen LogP contribution in [0.1, 0.15) is 44.1 Å². The van der Waals surface area contributed by atoms with E-state index in [2.05, 4.69) is 0 Å². The van der Waals surface area contributed by atoms with E-state index in [0.717, 1.165) is 50.6 Å². The molecule has 2 aromatic carbocycles. The van der Waals surface area contributed by atoms with Gasteiger partial charge in [-0.3, -0.25) is 19.0 Å². The normalized spacial score (nSPS) is 14.8. The highest BCUT2D eigenvalue weighted by Crippen LogP contribution is 2.38. The number of nitrogens with zero attached hydrogens (tertiary/aromatic N) is 4. The third kappa shape index (κ3) is 5.89. The molecule has 0 atom stereocenters. The number of halogens is 6. The van der Waals surface area contributed by atoms with Crippen LogP contribution in [0.15, 0.2) is 33.9 Å². The standard InChI is InChI=1S/C15H15Cl3N2O.C14H13Cl3N2O2/c1-9-7-10(12(17)8-11(9)16)13-14(18)19-5-3-2-4-6-20(19)15(13)21;15-9-7-10(16)11(20)6-8(9)12-13(17)18-4-2-1-3-5-19(18)14(12)21/h7-8H,2-6H2,1H3;6-7,20H,1-5H2. The average molecular weight is 693 g/mol. The van der Waals surface area contributed by atoms with Crippen LogP contribution >= 0.6 is 69.6 Å². The maximum Gasteiger partial charge on any atom is 0.276 e. The van der Waals surface area contributed by atoms with Crippen LogP contribution in [0.25, 0.3) is 22.3 Å². The van der Waals surface area contributed by atoms with Gasteiger partial charge in [-0.15, -0.1) is 0 Å². The van der Waals surface area contributed by atoms with Crippen LogP contribution in [0.5, 0.6) is 5.75 Å². The summed E-state index contributed by atoms with van der Waals surface area (Å²) >= 11 is 37.2. The molecule has 6 rings (SSSR count). The van der Waals surface area contributed by atoms with Crippen molar-refractivity contribution < 1.29 is 5.11 Å². The molecule has 0 amide bonds. The van der Waals surface area contributed by atoms with Crippen LogP contribution in [0.3, 0.4) is 0 Å². The van der Waals surface area contributed by atoms with Gasteiger partial charge in [-0.05, 0) is 75.3 Å². The summed E-state index contributed by atoms with van der Waals surface area (Å²) in [5.74, 6) is -0.127. The van der Waals surface area contributed by atoms with Crippen molar-refractivity contribution in [1.29, 1.82) is 0 Å². The lowest BCUT2D eigenvalue weighted by molar-refractivity contribution is 0.476. The Bertz CT molecular complexity index is 1660. The van der Waals surface area contributed by atoms with Crippen LogP contribution in [0, 0.1) is 6.92 Å². The summed E-state index contributed by atoms with van der Waals surface area (Å²) in [6, 6.07) is 6.29. The highest BCUT2D eigenvalue weighted by Gasteiger charge is 2.25. The highest BCUT2D eigenvalue weighted by atomic mass is 35.5. The van der Waals surface area contributed by atoms with E-state index in [0.29, 0.717) is 62.2 Å². The molecular formula is C29H28Cl6N4O3. The van der Waals surface area contributed by atoms with E-state index in [1.54, 1.807) is 20.1 Å². The minimum Gasteiger partial charge on any atom is -0.506 e. The van der Waals surface area contributed by atoms with Crippen LogP contribution in [-0.4, -0.2) is 23.8 Å². The van der Waals surface area contributed by atoms with Gasteiger partial charge < -0.3 is 5.11 Å². The van der Waals surface area contributed by atoms with E-state index < -0.39 is 0 Å². The van der Waals surface area contributed by atoms with Gasteiger partial charge in [0.2, 0.25) is 0 Å². The summed E-state index contributed by atoms with van der Waals surface area (Å²) in [4.78, 5) is 25.3. The Morgan fingerprint density at radius 1 is 0.548 bits per heavy atom. The largest absolute Gasteiger partial charge is 0.506 e. The first-order valence-corrected chi connectivity index (χ1v) is 15.9. The second-order valence-corrected chi connectivity index (χ2v) is 12.8. The zero-order chi connectivity index (χ0) is 30.3. The minimum atomic E-state index is -0.189. The van der Waals surface area contributed by atoms with Crippen LogP contribution in [-0.2, 0) is 26.2 Å². The lowest BCUT2D eigenvalue weighted by Gasteiger charge is -2.07. The Morgan fingerprint density at radius 3 is 1.43 bits per heavy atom. The molecule has 0 aliphatic carbocycles. The molecule has 0 saturated carbocycles. The maximum atomic E-state index is 12.7. The first kappa shape index (κ1) is 31.4. The molecule has 42 heavy (non-hydrogen) atoms. The van der Waals surface area contributed by atoms with Crippen molar-refractivity contribution in [3.8, 4) is 28.0 Å². The third-order valence-electron chi connectivity index (χ3n) is 7.65. The quantitative estimate of drug-likeness (QED) is 0.228. The van der Waals surface area contributed by atoms with Gasteiger partial charge in [-0.2, -0.15) is 0 Å². The predicted octanol–water partition coefficient (Wildman–Crippen LogP) is 8.94. The van der Waals surface area contributed by atoms with Gasteiger partial charge in [-0.1, -0.05) is 69.6 Å². The van der Waals surface area contributed by atoms with Gasteiger partial charge in [0, 0.05) is 42.3 Å². The predicted molar refractivity (Wildman–Crippen MR) is 172 cm³/mol. The van der Waals surface area contributed by atoms with Crippen molar-refractivity contribution in [2.45, 2.75) is 71.6 Å². The van der Waals surface area contributed by atoms with Gasteiger partial charge >= 0.3 is 0 Å². The summed E-state index contributed by atoms with van der Waals surface area (Å²) in [5.41, 5.74) is 2.45. The molecule has 0 fully saturated rings. The monoisotopic (exact) mass is 690 g/mol. The van der Waals surface area contributed by atoms with E-state index >= 15 is 0 Å². The topological polar surface area (TPSA) is 74.1 Å². The van der Waals surface area contributed by atoms with Crippen LogP contribution in [0.2, 0.25) is 30.4 Å². The van der Waals surface area contributed by atoms with Crippen molar-refractivity contribution in [1.82, 2.24) is 18.7 Å². The first-order chi connectivity index (χ1) is 20.0. The van der Waals surface area contributed by atoms with Crippen molar-refractivity contribution >= 4 is 69.6 Å². The van der Waals surface area contributed by atoms with E-state index in [1.807, 2.05) is 17.7 Å². The molecule has 1 N–H and O–H groups in total. The summed E-state index contributed by atoms with van der Waals surface area (Å²) in [6.45, 7) is 4.68. The lowest BCUT2D eigenvalue weighted by atomic mass is 10.1. The van der Waals surface area contributed by atoms with Crippen molar-refractivity contribution in [2.24, 2.45) is 0 Å². The second-order valence-electron chi connectivity index (χ2n) is 10.4. The van der Waals surface area contributed by atoms with E-state index in [4.69, 9.17) is 69.6 Å². The third-order valence-corrected chi connectivity index (χ3v) is 9.75. The van der Waals surface area contributed by atoms with E-state index in [9.17, 15) is 14.7 Å². The molecular weight excluding hydrogens is 665 g/mol. The molecule has 4 aromatic rings. The minimum absolute atomic E-state index is 0.0782. The SMILES string of the molecule is Cc1cc(-c2c(Cl)n3n(c2=O)CCCCC3)c(Cl)cc1Cl.O=c1c(-c2cc(O)c(Cl)cc2Cl)c(Cl)n2n1CCCCC2. The fourth-order valence-electron chi connectivity index (χ4n) is 5.44. The van der Waals surface area contributed by atoms with Gasteiger partial charge in [-0.25, -0.2) is 9.36 Å². The number of aryl methyl sites for hydroxylation is 1. The Hall–Kier alpha value is -2.00. The van der Waals surface area contributed by atoms with Crippen LogP contribution in [0.4, 0.5) is 0 Å². The summed E-state index contributed by atoms with van der Waals surface area (Å²) in [7, 11) is 0. The molecule has 0 bridgehead atoms. The fourth-order valence-corrected chi connectivity index (χ4v) is 7.11. The molecule has 2 aliphatic heterocycles. The zero-order valence-corrected chi connectivity index (χ0v) is 27.2. The number of phenols is 1. The molecule has 13 heteroatoms. The van der Waals surface area contributed by atoms with Crippen molar-refractivity contribution in [2.75, 3.05) is 0 Å². The van der Waals surface area contributed by atoms with E-state index in [1.165, 1.54) is 12.1 Å². The number of benzene rings is 2. The van der Waals surface area contributed by atoms with Gasteiger partial charge in [0.25, 0.3) is 11.1 Å². The summed E-state index contributed by atoms with van der Waals surface area (Å²) < 4.78 is 7.03. The van der Waals surface area contributed by atoms with Crippen molar-refractivity contribution in [3.05, 3.63) is 80.9 Å². The lowest BCUT2D eigenvalue weighted by Crippen LogP contribution is -2.22. The Kier molecular flexibility index (Phi) is 9.67. The highest BCUT2D eigenvalue weighted by molar-refractivity contribution is 6.39. The fraction of sp³-hybridized carbons (Fsp3) is 0.379. The van der Waals surface area contributed by atoms with Gasteiger partial charge in [0.1, 0.15) is 16.1 Å². The number of phenolic OH excluding ortho intramolecular Hbond substituents is 1. The molecule has 0 spiro atoms. The van der Waals surface area contributed by atoms with Crippen molar-refractivity contribution in [3.63, 3.8) is 0 Å². The van der Waals surface area contributed by atoms with Gasteiger partial charge in [0.05, 0.1) is 26.2 Å². The summed E-state index contributed by atoms with van der Waals surface area (Å²) in [6.07, 6.45) is 6.13. The average Bonchev–Trinajstić information content (AvgIpc) is 3.19. The number of hydrogen-bond donors (Lipinski definition) is 1. The molecule has 2 aliphatic rings. The number of fused-ring (bicyclic) bond motifs is 2. The van der Waals surface area contributed by atoms with Crippen LogP contribution < -0.4 is 11.1 Å². The van der Waals surface area contributed by atoms with Gasteiger partial charge in [0.15, 0.2) is 0 Å². The number of aromatic nitrogens is 4. The molecule has 4 heterocycles. The molecule has 0 saturated heterocycles. The number of hydrogen-bond acceptors (Lipinski definition) is 3. The Morgan fingerprint density at radius 2 is 0.952 bits per heavy atom. The molecule has 0 unspecified atom stereocenters. The molecule has 224 valence electrons. The maximum absolute atomic E-state index is 12.7. The summed E-state index contributed by atoms with van der Waals surface area (Å²) in [5, 5.41) is 12.0. The molecule has 7 nitrogen and oxygen atoms in total. The first-order valence-electron chi connectivity index (χ1n) is 13.6. The number of rotatable bonds is 2. The zero-order valence-electron chi connectivity index (χ0n) is 22.7. The Labute approximate surface area is 272 Å². The molecule has 0 radical (unpaired) electrons. The molecule has 2 aromatic heterocycles. The second kappa shape index (κ2) is 12.9. The number of aromatic hydroxyl groups is 1. The Balaban J connectivity index is 0.000000168. The van der Waals surface area contributed by atoms with E-state index in [-0.39, 0.29) is 26.9 Å².